The number of rotatable bonds is 3. The maximum atomic E-state index is 12.8. The van der Waals surface area contributed by atoms with Gasteiger partial charge in [-0.1, -0.05) is 22.0 Å². The summed E-state index contributed by atoms with van der Waals surface area (Å²) in [6.45, 7) is 0. The third-order valence-corrected chi connectivity index (χ3v) is 3.40. The lowest BCUT2D eigenvalue weighted by Gasteiger charge is -2.10. The minimum absolute atomic E-state index is 0.0392. The standard InChI is InChI=1S/C14H9BrF3NO/c15-12-2-1-10(8-11(12)14(16,17)18)13(20)7-9-3-5-19-6-4-9/h1-6,8H,7H2. The number of carbonyl (C=O) groups is 1. The van der Waals surface area contributed by atoms with Crippen molar-refractivity contribution in [3.8, 4) is 0 Å². The van der Waals surface area contributed by atoms with E-state index in [1.54, 1.807) is 12.1 Å². The number of Topliss-reactive ketones (excluding diaryl/α,β-unsaturated/α-hetero) is 1. The van der Waals surface area contributed by atoms with Crippen LogP contribution in [0, 0.1) is 0 Å². The van der Waals surface area contributed by atoms with Crippen LogP contribution in [-0.4, -0.2) is 10.8 Å². The van der Waals surface area contributed by atoms with Gasteiger partial charge in [-0.25, -0.2) is 0 Å². The first-order valence-corrected chi connectivity index (χ1v) is 6.46. The van der Waals surface area contributed by atoms with Gasteiger partial charge in [0.2, 0.25) is 0 Å². The van der Waals surface area contributed by atoms with Gasteiger partial charge in [0.05, 0.1) is 5.56 Å². The molecule has 104 valence electrons. The molecular weight excluding hydrogens is 335 g/mol. The van der Waals surface area contributed by atoms with Gasteiger partial charge in [-0.3, -0.25) is 9.78 Å². The molecule has 0 bridgehead atoms. The monoisotopic (exact) mass is 343 g/mol. The molecular formula is C14H9BrF3NO. The van der Waals surface area contributed by atoms with Crippen molar-refractivity contribution in [2.45, 2.75) is 12.6 Å². The Labute approximate surface area is 121 Å². The summed E-state index contributed by atoms with van der Waals surface area (Å²) in [5, 5.41) is 0. The van der Waals surface area contributed by atoms with E-state index in [2.05, 4.69) is 20.9 Å². The normalized spacial score (nSPS) is 11.4. The van der Waals surface area contributed by atoms with Crippen molar-refractivity contribution in [3.05, 3.63) is 63.9 Å². The largest absolute Gasteiger partial charge is 0.417 e. The van der Waals surface area contributed by atoms with Crippen LogP contribution in [0.2, 0.25) is 0 Å². The fourth-order valence-electron chi connectivity index (χ4n) is 1.70. The number of halogens is 4. The number of aromatic nitrogens is 1. The smallest absolute Gasteiger partial charge is 0.294 e. The van der Waals surface area contributed by atoms with Crippen LogP contribution in [0.15, 0.2) is 47.2 Å². The third kappa shape index (κ3) is 3.45. The average molecular weight is 344 g/mol. The van der Waals surface area contributed by atoms with E-state index in [0.717, 1.165) is 6.07 Å². The van der Waals surface area contributed by atoms with E-state index in [4.69, 9.17) is 0 Å². The molecule has 0 radical (unpaired) electrons. The van der Waals surface area contributed by atoms with Crippen molar-refractivity contribution in [1.82, 2.24) is 4.98 Å². The highest BCUT2D eigenvalue weighted by Gasteiger charge is 2.33. The van der Waals surface area contributed by atoms with E-state index in [1.807, 2.05) is 0 Å². The molecule has 2 aromatic rings. The summed E-state index contributed by atoms with van der Waals surface area (Å²) in [7, 11) is 0. The Kier molecular flexibility index (Phi) is 4.23. The van der Waals surface area contributed by atoms with Crippen LogP contribution in [0.4, 0.5) is 13.2 Å². The summed E-state index contributed by atoms with van der Waals surface area (Å²) in [5.41, 5.74) is -0.100. The highest BCUT2D eigenvalue weighted by Crippen LogP contribution is 2.35. The molecule has 0 aliphatic rings. The van der Waals surface area contributed by atoms with Crippen LogP contribution in [-0.2, 0) is 12.6 Å². The van der Waals surface area contributed by atoms with Crippen molar-refractivity contribution in [2.75, 3.05) is 0 Å². The van der Waals surface area contributed by atoms with Gasteiger partial charge in [-0.15, -0.1) is 0 Å². The molecule has 0 saturated heterocycles. The number of alkyl halides is 3. The fraction of sp³-hybridized carbons (Fsp3) is 0.143. The van der Waals surface area contributed by atoms with Crippen LogP contribution in [0.5, 0.6) is 0 Å². The summed E-state index contributed by atoms with van der Waals surface area (Å²) in [6, 6.07) is 6.79. The van der Waals surface area contributed by atoms with Crippen molar-refractivity contribution >= 4 is 21.7 Å². The van der Waals surface area contributed by atoms with E-state index in [1.165, 1.54) is 24.5 Å². The molecule has 0 aliphatic carbocycles. The van der Waals surface area contributed by atoms with E-state index < -0.39 is 11.7 Å². The first-order chi connectivity index (χ1) is 9.38. The van der Waals surface area contributed by atoms with Crippen LogP contribution in [0.3, 0.4) is 0 Å². The van der Waals surface area contributed by atoms with E-state index in [-0.39, 0.29) is 22.2 Å². The molecule has 0 spiro atoms. The van der Waals surface area contributed by atoms with Gasteiger partial charge >= 0.3 is 6.18 Å². The van der Waals surface area contributed by atoms with Crippen LogP contribution in [0.1, 0.15) is 21.5 Å². The molecule has 0 fully saturated rings. The number of ketones is 1. The lowest BCUT2D eigenvalue weighted by Crippen LogP contribution is -2.10. The van der Waals surface area contributed by atoms with Gasteiger partial charge in [0.1, 0.15) is 0 Å². The summed E-state index contributed by atoms with van der Waals surface area (Å²) in [5.74, 6) is -0.366. The van der Waals surface area contributed by atoms with Crippen molar-refractivity contribution in [2.24, 2.45) is 0 Å². The second-order valence-electron chi connectivity index (χ2n) is 4.15. The molecule has 1 aromatic heterocycles. The predicted octanol–water partition coefficient (Wildman–Crippen LogP) is 4.29. The van der Waals surface area contributed by atoms with Crippen LogP contribution < -0.4 is 0 Å². The number of benzene rings is 1. The zero-order chi connectivity index (χ0) is 14.8. The van der Waals surface area contributed by atoms with Crippen molar-refractivity contribution in [1.29, 1.82) is 0 Å². The molecule has 2 rings (SSSR count). The Bertz CT molecular complexity index is 626. The number of nitrogens with zero attached hydrogens (tertiary/aromatic N) is 1. The molecule has 0 amide bonds. The molecule has 2 nitrogen and oxygen atoms in total. The van der Waals surface area contributed by atoms with Gasteiger partial charge in [-0.2, -0.15) is 13.2 Å². The van der Waals surface area contributed by atoms with Gasteiger partial charge in [0.15, 0.2) is 5.78 Å². The lowest BCUT2D eigenvalue weighted by atomic mass is 10.0. The summed E-state index contributed by atoms with van der Waals surface area (Å²) in [4.78, 5) is 15.8. The molecule has 1 aromatic carbocycles. The first kappa shape index (κ1) is 14.7. The molecule has 0 aliphatic heterocycles. The van der Waals surface area contributed by atoms with Crippen molar-refractivity contribution in [3.63, 3.8) is 0 Å². The number of hydrogen-bond donors (Lipinski definition) is 0. The summed E-state index contributed by atoms with van der Waals surface area (Å²) < 4.78 is 38.2. The number of pyridine rings is 1. The summed E-state index contributed by atoms with van der Waals surface area (Å²) in [6.07, 6.45) is -1.39. The van der Waals surface area contributed by atoms with E-state index >= 15 is 0 Å². The molecule has 20 heavy (non-hydrogen) atoms. The first-order valence-electron chi connectivity index (χ1n) is 5.67. The molecule has 6 heteroatoms. The third-order valence-electron chi connectivity index (χ3n) is 2.71. The minimum Gasteiger partial charge on any atom is -0.294 e. The summed E-state index contributed by atoms with van der Waals surface area (Å²) >= 11 is 2.84. The zero-order valence-corrected chi connectivity index (χ0v) is 11.7. The predicted molar refractivity (Wildman–Crippen MR) is 71.4 cm³/mol. The van der Waals surface area contributed by atoms with Gasteiger partial charge in [0, 0.05) is 28.9 Å². The Morgan fingerprint density at radius 3 is 2.40 bits per heavy atom. The van der Waals surface area contributed by atoms with E-state index in [0.29, 0.717) is 5.56 Å². The van der Waals surface area contributed by atoms with Crippen molar-refractivity contribution < 1.29 is 18.0 Å². The quantitative estimate of drug-likeness (QED) is 0.778. The maximum Gasteiger partial charge on any atom is 0.417 e. The topological polar surface area (TPSA) is 30.0 Å². The SMILES string of the molecule is O=C(Cc1ccncc1)c1ccc(Br)c(C(F)(F)F)c1. The number of carbonyl (C=O) groups excluding carboxylic acids is 1. The fourth-order valence-corrected chi connectivity index (χ4v) is 2.18. The second kappa shape index (κ2) is 5.75. The molecule has 1 heterocycles. The van der Waals surface area contributed by atoms with Gasteiger partial charge in [-0.05, 0) is 29.8 Å². The van der Waals surface area contributed by atoms with Crippen LogP contribution >= 0.6 is 15.9 Å². The van der Waals surface area contributed by atoms with Gasteiger partial charge in [0.25, 0.3) is 0 Å². The Morgan fingerprint density at radius 1 is 1.15 bits per heavy atom. The zero-order valence-electron chi connectivity index (χ0n) is 10.1. The highest BCUT2D eigenvalue weighted by molar-refractivity contribution is 9.10. The number of hydrogen-bond acceptors (Lipinski definition) is 2. The Hall–Kier alpha value is -1.69. The Morgan fingerprint density at radius 2 is 1.80 bits per heavy atom. The van der Waals surface area contributed by atoms with Crippen LogP contribution in [0.25, 0.3) is 0 Å². The average Bonchev–Trinajstić information content (AvgIpc) is 2.39. The molecule has 0 unspecified atom stereocenters. The Balaban J connectivity index is 2.27. The van der Waals surface area contributed by atoms with Gasteiger partial charge < -0.3 is 0 Å². The molecule has 0 atom stereocenters. The second-order valence-corrected chi connectivity index (χ2v) is 5.00. The van der Waals surface area contributed by atoms with E-state index in [9.17, 15) is 18.0 Å². The maximum absolute atomic E-state index is 12.8. The minimum atomic E-state index is -4.49. The highest BCUT2D eigenvalue weighted by atomic mass is 79.9. The molecule has 0 N–H and O–H groups in total. The molecule has 0 saturated carbocycles. The lowest BCUT2D eigenvalue weighted by molar-refractivity contribution is -0.138.